The SMILES string of the molecule is CCCN(CCC)c1ccc(NC(=O)c2cccc(CSCCC(=O)OC(C)(C)C)c2)c(-c2cc(C(=O)NCc3cccc(C(F)(F)F)c3)ccn2)c1. The van der Waals surface area contributed by atoms with E-state index in [1.165, 1.54) is 24.4 Å². The molecule has 0 radical (unpaired) electrons. The van der Waals surface area contributed by atoms with Crippen LogP contribution in [-0.4, -0.2) is 47.2 Å². The third-order valence-corrected chi connectivity index (χ3v) is 8.97. The number of nitrogens with zero attached hydrogens (tertiary/aromatic N) is 2. The highest BCUT2D eigenvalue weighted by Gasteiger charge is 2.30. The lowest BCUT2D eigenvalue weighted by molar-refractivity contribution is -0.154. The van der Waals surface area contributed by atoms with E-state index in [2.05, 4.69) is 34.4 Å². The Kier molecular flexibility index (Phi) is 14.5. The number of esters is 1. The van der Waals surface area contributed by atoms with Crippen LogP contribution < -0.4 is 15.5 Å². The van der Waals surface area contributed by atoms with Gasteiger partial charge in [-0.15, -0.1) is 0 Å². The Labute approximate surface area is 313 Å². The maximum Gasteiger partial charge on any atom is 0.416 e. The number of rotatable bonds is 16. The molecule has 0 aliphatic carbocycles. The monoisotopic (exact) mass is 748 g/mol. The van der Waals surface area contributed by atoms with Gasteiger partial charge in [0.15, 0.2) is 0 Å². The Morgan fingerprint density at radius 3 is 2.23 bits per heavy atom. The van der Waals surface area contributed by atoms with Crippen LogP contribution >= 0.6 is 11.8 Å². The summed E-state index contributed by atoms with van der Waals surface area (Å²) in [6.07, 6.45) is -0.835. The number of alkyl halides is 3. The van der Waals surface area contributed by atoms with Crippen molar-refractivity contribution in [1.82, 2.24) is 10.3 Å². The second-order valence-corrected chi connectivity index (χ2v) is 14.7. The molecule has 2 amide bonds. The van der Waals surface area contributed by atoms with Crippen molar-refractivity contribution in [2.75, 3.05) is 29.1 Å². The summed E-state index contributed by atoms with van der Waals surface area (Å²) < 4.78 is 45.0. The maximum atomic E-state index is 13.7. The summed E-state index contributed by atoms with van der Waals surface area (Å²) in [5.41, 5.74) is 3.14. The third kappa shape index (κ3) is 12.7. The molecule has 0 fully saturated rings. The molecular formula is C41H47F3N4O4S. The number of hydrogen-bond donors (Lipinski definition) is 2. The lowest BCUT2D eigenvalue weighted by atomic mass is 10.0. The summed E-state index contributed by atoms with van der Waals surface area (Å²) in [6, 6.07) is 21.0. The van der Waals surface area contributed by atoms with Gasteiger partial charge in [-0.25, -0.2) is 0 Å². The zero-order valence-electron chi connectivity index (χ0n) is 30.8. The van der Waals surface area contributed by atoms with Crippen LogP contribution in [0, 0.1) is 0 Å². The number of amides is 2. The number of carbonyl (C=O) groups excluding carboxylic acids is 3. The molecule has 0 saturated carbocycles. The molecule has 8 nitrogen and oxygen atoms in total. The molecule has 282 valence electrons. The number of ether oxygens (including phenoxy) is 1. The molecule has 0 spiro atoms. The molecule has 4 rings (SSSR count). The van der Waals surface area contributed by atoms with Gasteiger partial charge in [-0.2, -0.15) is 24.9 Å². The van der Waals surface area contributed by atoms with Gasteiger partial charge in [0.1, 0.15) is 5.60 Å². The maximum absolute atomic E-state index is 13.7. The minimum Gasteiger partial charge on any atom is -0.460 e. The molecule has 1 heterocycles. The van der Waals surface area contributed by atoms with E-state index in [1.807, 2.05) is 57.2 Å². The zero-order valence-corrected chi connectivity index (χ0v) is 31.6. The summed E-state index contributed by atoms with van der Waals surface area (Å²) in [5, 5.41) is 5.75. The first-order valence-electron chi connectivity index (χ1n) is 17.7. The first-order chi connectivity index (χ1) is 25.2. The van der Waals surface area contributed by atoms with Gasteiger partial charge in [0.2, 0.25) is 0 Å². The molecule has 0 unspecified atom stereocenters. The lowest BCUT2D eigenvalue weighted by Crippen LogP contribution is -2.25. The molecule has 4 aromatic rings. The van der Waals surface area contributed by atoms with Crippen LogP contribution in [0.1, 0.15) is 91.3 Å². The molecule has 0 saturated heterocycles. The molecule has 0 aliphatic heterocycles. The summed E-state index contributed by atoms with van der Waals surface area (Å²) in [7, 11) is 0. The smallest absolute Gasteiger partial charge is 0.416 e. The van der Waals surface area contributed by atoms with E-state index in [0.717, 1.165) is 49.3 Å². The molecule has 1 aromatic heterocycles. The van der Waals surface area contributed by atoms with Gasteiger partial charge < -0.3 is 20.3 Å². The predicted molar refractivity (Wildman–Crippen MR) is 206 cm³/mol. The highest BCUT2D eigenvalue weighted by molar-refractivity contribution is 7.98. The van der Waals surface area contributed by atoms with Crippen molar-refractivity contribution in [3.8, 4) is 11.3 Å². The standard InChI is InChI=1S/C41H47F3N4O4S/c1-6-19-48(20-7-2)33-14-15-35(47-39(51)30-12-8-11-29(22-30)27-53-21-17-37(49)52-40(3,4)5)34(25-33)36-24-31(16-18-45-36)38(50)46-26-28-10-9-13-32(23-28)41(42,43)44/h8-16,18,22-25H,6-7,17,19-21,26-27H2,1-5H3,(H,46,50)(H,47,51). The third-order valence-electron chi connectivity index (χ3n) is 7.94. The first-order valence-corrected chi connectivity index (χ1v) is 18.8. The van der Waals surface area contributed by atoms with E-state index >= 15 is 0 Å². The minimum absolute atomic E-state index is 0.0957. The number of anilines is 2. The van der Waals surface area contributed by atoms with Gasteiger partial charge in [-0.05, 0) is 99.3 Å². The Morgan fingerprint density at radius 1 is 0.830 bits per heavy atom. The van der Waals surface area contributed by atoms with Crippen molar-refractivity contribution >= 4 is 40.9 Å². The lowest BCUT2D eigenvalue weighted by Gasteiger charge is -2.25. The van der Waals surface area contributed by atoms with E-state index in [9.17, 15) is 27.6 Å². The number of nitrogens with one attached hydrogen (secondary N) is 2. The fourth-order valence-corrected chi connectivity index (χ4v) is 6.43. The molecule has 2 N–H and O–H groups in total. The summed E-state index contributed by atoms with van der Waals surface area (Å²) in [5.74, 6) is 0.147. The van der Waals surface area contributed by atoms with Crippen LogP contribution in [0.15, 0.2) is 85.1 Å². The van der Waals surface area contributed by atoms with Crippen LogP contribution in [0.5, 0.6) is 0 Å². The van der Waals surface area contributed by atoms with E-state index in [1.54, 1.807) is 23.9 Å². The van der Waals surface area contributed by atoms with E-state index in [-0.39, 0.29) is 24.0 Å². The highest BCUT2D eigenvalue weighted by atomic mass is 32.2. The van der Waals surface area contributed by atoms with Crippen molar-refractivity contribution in [3.05, 3.63) is 113 Å². The van der Waals surface area contributed by atoms with Gasteiger partial charge in [0, 0.05) is 59.7 Å². The molecular weight excluding hydrogens is 702 g/mol. The summed E-state index contributed by atoms with van der Waals surface area (Å²) >= 11 is 1.58. The van der Waals surface area contributed by atoms with Gasteiger partial charge in [-0.1, -0.05) is 38.1 Å². The Balaban J connectivity index is 1.55. The second-order valence-electron chi connectivity index (χ2n) is 13.6. The van der Waals surface area contributed by atoms with E-state index in [4.69, 9.17) is 4.74 Å². The van der Waals surface area contributed by atoms with Gasteiger partial charge >= 0.3 is 12.1 Å². The number of aromatic nitrogens is 1. The van der Waals surface area contributed by atoms with Gasteiger partial charge in [-0.3, -0.25) is 19.4 Å². The molecule has 12 heteroatoms. The topological polar surface area (TPSA) is 101 Å². The second kappa shape index (κ2) is 18.8. The average Bonchev–Trinajstić information content (AvgIpc) is 3.11. The number of benzene rings is 3. The number of thioether (sulfide) groups is 1. The minimum atomic E-state index is -4.49. The predicted octanol–water partition coefficient (Wildman–Crippen LogP) is 9.54. The molecule has 0 aliphatic rings. The molecule has 0 bridgehead atoms. The Hall–Kier alpha value is -4.84. The Bertz CT molecular complexity index is 1870. The fraction of sp³-hybridized carbons (Fsp3) is 0.366. The number of pyridine rings is 1. The molecule has 53 heavy (non-hydrogen) atoms. The molecule has 3 aromatic carbocycles. The Morgan fingerprint density at radius 2 is 1.53 bits per heavy atom. The number of halogens is 3. The highest BCUT2D eigenvalue weighted by Crippen LogP contribution is 2.33. The van der Waals surface area contributed by atoms with Crippen molar-refractivity contribution in [1.29, 1.82) is 0 Å². The van der Waals surface area contributed by atoms with Crippen LogP contribution in [0.2, 0.25) is 0 Å². The van der Waals surface area contributed by atoms with Crippen molar-refractivity contribution in [3.63, 3.8) is 0 Å². The largest absolute Gasteiger partial charge is 0.460 e. The van der Waals surface area contributed by atoms with Gasteiger partial charge in [0.05, 0.1) is 23.4 Å². The summed E-state index contributed by atoms with van der Waals surface area (Å²) in [4.78, 5) is 45.8. The van der Waals surface area contributed by atoms with Crippen LogP contribution in [0.3, 0.4) is 0 Å². The van der Waals surface area contributed by atoms with Gasteiger partial charge in [0.25, 0.3) is 11.8 Å². The first kappa shape index (κ1) is 40.9. The number of hydrogen-bond acceptors (Lipinski definition) is 7. The van der Waals surface area contributed by atoms with Crippen LogP contribution in [-0.2, 0) is 28.0 Å². The summed E-state index contributed by atoms with van der Waals surface area (Å²) in [6.45, 7) is 11.3. The fourth-order valence-electron chi connectivity index (χ4n) is 5.56. The van der Waals surface area contributed by atoms with E-state index < -0.39 is 23.2 Å². The van der Waals surface area contributed by atoms with Crippen LogP contribution in [0.4, 0.5) is 24.5 Å². The zero-order chi connectivity index (χ0) is 38.6. The van der Waals surface area contributed by atoms with Crippen molar-refractivity contribution < 1.29 is 32.3 Å². The quantitative estimate of drug-likeness (QED) is 0.0870. The molecule has 0 atom stereocenters. The van der Waals surface area contributed by atoms with E-state index in [0.29, 0.717) is 46.0 Å². The van der Waals surface area contributed by atoms with Crippen molar-refractivity contribution in [2.45, 2.75) is 78.0 Å². The normalized spacial score (nSPS) is 11.5. The van der Waals surface area contributed by atoms with Crippen LogP contribution in [0.25, 0.3) is 11.3 Å². The van der Waals surface area contributed by atoms with Crippen molar-refractivity contribution in [2.24, 2.45) is 0 Å². The average molecular weight is 749 g/mol. The number of carbonyl (C=O) groups is 3.